The Labute approximate surface area is 173 Å². The summed E-state index contributed by atoms with van der Waals surface area (Å²) in [7, 11) is 0. The van der Waals surface area contributed by atoms with Crippen LogP contribution < -0.4 is 0 Å². The third-order valence-corrected chi connectivity index (χ3v) is 11.9. The molecule has 156 valence electrons. The van der Waals surface area contributed by atoms with Gasteiger partial charge in [0.15, 0.2) is 0 Å². The highest BCUT2D eigenvalue weighted by molar-refractivity contribution is 5.85. The summed E-state index contributed by atoms with van der Waals surface area (Å²) in [6.07, 6.45) is 15.5. The quantitative estimate of drug-likeness (QED) is 0.400. The van der Waals surface area contributed by atoms with Gasteiger partial charge in [0.2, 0.25) is 0 Å². The van der Waals surface area contributed by atoms with Crippen LogP contribution in [0.15, 0.2) is 11.6 Å². The molecule has 0 aromatic rings. The van der Waals surface area contributed by atoms with Crippen molar-refractivity contribution in [3.63, 3.8) is 0 Å². The summed E-state index contributed by atoms with van der Waals surface area (Å²) < 4.78 is 0. The molecule has 1 heteroatoms. The second-order valence-corrected chi connectivity index (χ2v) is 13.0. The van der Waals surface area contributed by atoms with Gasteiger partial charge in [0.1, 0.15) is 5.78 Å². The highest BCUT2D eigenvalue weighted by Gasteiger charge is 2.68. The van der Waals surface area contributed by atoms with Crippen molar-refractivity contribution in [1.82, 2.24) is 0 Å². The van der Waals surface area contributed by atoms with Gasteiger partial charge < -0.3 is 0 Å². The summed E-state index contributed by atoms with van der Waals surface area (Å²) in [6, 6.07) is 0. The first kappa shape index (κ1) is 19.4. The number of ketones is 1. The van der Waals surface area contributed by atoms with Gasteiger partial charge in [0.25, 0.3) is 0 Å². The maximum atomic E-state index is 12.8. The van der Waals surface area contributed by atoms with E-state index in [1.807, 2.05) is 5.57 Å². The summed E-state index contributed by atoms with van der Waals surface area (Å²) >= 11 is 0. The number of allylic oxidation sites excluding steroid dienone is 2. The number of fused-ring (bicyclic) bond motifs is 7. The van der Waals surface area contributed by atoms with Crippen LogP contribution in [0.2, 0.25) is 0 Å². The molecule has 0 aliphatic heterocycles. The highest BCUT2D eigenvalue weighted by Crippen LogP contribution is 2.75. The molecule has 5 aliphatic rings. The van der Waals surface area contributed by atoms with Crippen molar-refractivity contribution in [2.24, 2.45) is 44.8 Å². The van der Waals surface area contributed by atoms with Crippen LogP contribution >= 0.6 is 0 Å². The Balaban J connectivity index is 1.56. The van der Waals surface area contributed by atoms with Crippen LogP contribution in [0.25, 0.3) is 0 Å². The number of carbonyl (C=O) groups excluding carboxylic acids is 1. The van der Waals surface area contributed by atoms with Crippen LogP contribution in [-0.4, -0.2) is 5.78 Å². The standard InChI is InChI=1S/C27H42O/c1-23(2)20-11-15-27(6)21(25(20,4)14-12-22(23)28)10-9-19-18-8-7-13-24(18,3)16-17-26(19,27)5/h8,19-21H,7,9-17H2,1-6H3/t19-,20+,21-,24-,25+,26-,27-/m1/s1. The van der Waals surface area contributed by atoms with Crippen molar-refractivity contribution < 1.29 is 4.79 Å². The van der Waals surface area contributed by atoms with E-state index in [2.05, 4.69) is 47.6 Å². The Kier molecular flexibility index (Phi) is 3.84. The smallest absolute Gasteiger partial charge is 0.138 e. The molecule has 0 saturated heterocycles. The van der Waals surface area contributed by atoms with Crippen molar-refractivity contribution in [3.05, 3.63) is 11.6 Å². The van der Waals surface area contributed by atoms with Crippen molar-refractivity contribution in [2.75, 3.05) is 0 Å². The van der Waals surface area contributed by atoms with Crippen molar-refractivity contribution >= 4 is 5.78 Å². The third-order valence-electron chi connectivity index (χ3n) is 11.9. The van der Waals surface area contributed by atoms with E-state index < -0.39 is 0 Å². The second-order valence-electron chi connectivity index (χ2n) is 13.0. The lowest BCUT2D eigenvalue weighted by Gasteiger charge is -2.71. The number of rotatable bonds is 0. The predicted molar refractivity (Wildman–Crippen MR) is 116 cm³/mol. The fourth-order valence-corrected chi connectivity index (χ4v) is 10.00. The summed E-state index contributed by atoms with van der Waals surface area (Å²) in [4.78, 5) is 12.8. The number of carbonyl (C=O) groups is 1. The van der Waals surface area contributed by atoms with Crippen molar-refractivity contribution in [3.8, 4) is 0 Å². The zero-order valence-corrected chi connectivity index (χ0v) is 19.3. The summed E-state index contributed by atoms with van der Waals surface area (Å²) in [6.45, 7) is 15.1. The van der Waals surface area contributed by atoms with E-state index >= 15 is 0 Å². The van der Waals surface area contributed by atoms with Gasteiger partial charge in [-0.2, -0.15) is 0 Å². The number of Topliss-reactive ketones (excluding diaryl/α,β-unsaturated/α-hetero) is 1. The van der Waals surface area contributed by atoms with Crippen LogP contribution in [0.3, 0.4) is 0 Å². The minimum absolute atomic E-state index is 0.120. The minimum atomic E-state index is -0.120. The van der Waals surface area contributed by atoms with E-state index in [-0.39, 0.29) is 5.41 Å². The van der Waals surface area contributed by atoms with Crippen LogP contribution in [0.5, 0.6) is 0 Å². The zero-order valence-electron chi connectivity index (χ0n) is 19.3. The Morgan fingerprint density at radius 1 is 0.786 bits per heavy atom. The number of hydrogen-bond donors (Lipinski definition) is 0. The van der Waals surface area contributed by atoms with Crippen LogP contribution in [0.4, 0.5) is 0 Å². The van der Waals surface area contributed by atoms with E-state index in [0.29, 0.717) is 33.4 Å². The summed E-state index contributed by atoms with van der Waals surface area (Å²) in [5.74, 6) is 2.72. The van der Waals surface area contributed by atoms with Crippen molar-refractivity contribution in [1.29, 1.82) is 0 Å². The third kappa shape index (κ3) is 2.08. The lowest BCUT2D eigenvalue weighted by Crippen LogP contribution is -2.65. The average Bonchev–Trinajstić information content (AvgIpc) is 3.01. The molecule has 0 aromatic heterocycles. The molecule has 0 unspecified atom stereocenters. The normalized spacial score (nSPS) is 54.9. The van der Waals surface area contributed by atoms with Gasteiger partial charge in [-0.3, -0.25) is 4.79 Å². The molecule has 5 aliphatic carbocycles. The molecule has 0 amide bonds. The molecule has 1 nitrogen and oxygen atoms in total. The maximum absolute atomic E-state index is 12.8. The van der Waals surface area contributed by atoms with Gasteiger partial charge in [0.05, 0.1) is 0 Å². The number of hydrogen-bond acceptors (Lipinski definition) is 1. The highest BCUT2D eigenvalue weighted by atomic mass is 16.1. The first-order valence-electron chi connectivity index (χ1n) is 12.2. The monoisotopic (exact) mass is 382 g/mol. The first-order chi connectivity index (χ1) is 13.0. The van der Waals surface area contributed by atoms with E-state index in [4.69, 9.17) is 0 Å². The van der Waals surface area contributed by atoms with Gasteiger partial charge in [0, 0.05) is 11.8 Å². The lowest BCUT2D eigenvalue weighted by molar-refractivity contribution is -0.210. The summed E-state index contributed by atoms with van der Waals surface area (Å²) in [5, 5.41) is 0. The maximum Gasteiger partial charge on any atom is 0.138 e. The Morgan fingerprint density at radius 2 is 1.54 bits per heavy atom. The van der Waals surface area contributed by atoms with E-state index in [0.717, 1.165) is 24.7 Å². The topological polar surface area (TPSA) is 17.1 Å². The largest absolute Gasteiger partial charge is 0.299 e. The second kappa shape index (κ2) is 5.55. The molecule has 7 atom stereocenters. The first-order valence-corrected chi connectivity index (χ1v) is 12.2. The van der Waals surface area contributed by atoms with Gasteiger partial charge >= 0.3 is 0 Å². The molecular formula is C27H42O. The molecule has 0 heterocycles. The van der Waals surface area contributed by atoms with Crippen LogP contribution in [-0.2, 0) is 4.79 Å². The predicted octanol–water partition coefficient (Wildman–Crippen LogP) is 7.35. The molecule has 4 fully saturated rings. The molecule has 0 radical (unpaired) electrons. The van der Waals surface area contributed by atoms with Crippen LogP contribution in [0.1, 0.15) is 106 Å². The zero-order chi connectivity index (χ0) is 20.2. The molecule has 5 rings (SSSR count). The molecule has 0 spiro atoms. The summed E-state index contributed by atoms with van der Waals surface area (Å²) in [5.41, 5.74) is 3.47. The van der Waals surface area contributed by atoms with Gasteiger partial charge in [-0.1, -0.05) is 53.2 Å². The van der Waals surface area contributed by atoms with E-state index in [1.54, 1.807) is 0 Å². The molecule has 0 bridgehead atoms. The average molecular weight is 383 g/mol. The van der Waals surface area contributed by atoms with Gasteiger partial charge in [-0.15, -0.1) is 0 Å². The Morgan fingerprint density at radius 3 is 2.29 bits per heavy atom. The fraction of sp³-hybridized carbons (Fsp3) is 0.889. The molecule has 0 aromatic carbocycles. The van der Waals surface area contributed by atoms with E-state index in [1.165, 1.54) is 51.4 Å². The molecule has 4 saturated carbocycles. The molecule has 0 N–H and O–H groups in total. The van der Waals surface area contributed by atoms with Crippen molar-refractivity contribution in [2.45, 2.75) is 106 Å². The fourth-order valence-electron chi connectivity index (χ4n) is 10.00. The SMILES string of the molecule is CC1(C)C(=O)CC[C@]2(C)[C@H]3CC[C@@H]4C5=CCC[C@]5(C)CC[C@@]4(C)[C@]3(C)CC[C@@H]12. The Hall–Kier alpha value is -0.590. The molecular weight excluding hydrogens is 340 g/mol. The Bertz CT molecular complexity index is 745. The molecule has 28 heavy (non-hydrogen) atoms. The lowest BCUT2D eigenvalue weighted by atomic mass is 9.33. The van der Waals surface area contributed by atoms with E-state index in [9.17, 15) is 4.79 Å². The van der Waals surface area contributed by atoms with Crippen LogP contribution in [0, 0.1) is 44.8 Å². The van der Waals surface area contributed by atoms with Gasteiger partial charge in [-0.25, -0.2) is 0 Å². The van der Waals surface area contributed by atoms with Gasteiger partial charge in [-0.05, 0) is 97.2 Å². The minimum Gasteiger partial charge on any atom is -0.299 e.